The third-order valence-corrected chi connectivity index (χ3v) is 3.04. The summed E-state index contributed by atoms with van der Waals surface area (Å²) in [5.74, 6) is 0. The minimum Gasteiger partial charge on any atom is -0.394 e. The fourth-order valence-electron chi connectivity index (χ4n) is 2.21. The Morgan fingerprint density at radius 3 is 3.12 bits per heavy atom. The van der Waals surface area contributed by atoms with Crippen molar-refractivity contribution in [3.8, 4) is 0 Å². The normalized spacial score (nSPS) is 24.2. The first-order chi connectivity index (χ1) is 7.81. The molecule has 2 N–H and O–H groups in total. The van der Waals surface area contributed by atoms with Crippen LogP contribution in [-0.2, 0) is 0 Å². The van der Waals surface area contributed by atoms with Gasteiger partial charge in [-0.15, -0.1) is 0 Å². The Kier molecular flexibility index (Phi) is 3.88. The summed E-state index contributed by atoms with van der Waals surface area (Å²) < 4.78 is 0. The molecule has 4 nitrogen and oxygen atoms in total. The zero-order valence-electron chi connectivity index (χ0n) is 9.63. The van der Waals surface area contributed by atoms with Crippen LogP contribution in [-0.4, -0.2) is 47.3 Å². The minimum absolute atomic E-state index is 0.0331. The number of piperazine rings is 1. The minimum atomic E-state index is 0.0331. The molecule has 0 aromatic carbocycles. The van der Waals surface area contributed by atoms with Gasteiger partial charge in [-0.05, 0) is 19.1 Å². The highest BCUT2D eigenvalue weighted by atomic mass is 16.3. The van der Waals surface area contributed by atoms with Gasteiger partial charge in [0.1, 0.15) is 0 Å². The van der Waals surface area contributed by atoms with Crippen LogP contribution in [0, 0.1) is 0 Å². The van der Waals surface area contributed by atoms with E-state index in [1.807, 2.05) is 18.2 Å². The molecule has 0 saturated carbocycles. The van der Waals surface area contributed by atoms with Gasteiger partial charge in [-0.25, -0.2) is 0 Å². The lowest BCUT2D eigenvalue weighted by atomic mass is 10.1. The average molecular weight is 221 g/mol. The number of pyridine rings is 1. The molecule has 0 bridgehead atoms. The van der Waals surface area contributed by atoms with E-state index < -0.39 is 0 Å². The molecule has 1 aliphatic heterocycles. The lowest BCUT2D eigenvalue weighted by Gasteiger charge is -2.36. The second-order valence-corrected chi connectivity index (χ2v) is 4.30. The van der Waals surface area contributed by atoms with Crippen molar-refractivity contribution in [1.29, 1.82) is 0 Å². The molecular weight excluding hydrogens is 202 g/mol. The molecule has 2 atom stereocenters. The van der Waals surface area contributed by atoms with Crippen molar-refractivity contribution in [1.82, 2.24) is 15.2 Å². The van der Waals surface area contributed by atoms with Gasteiger partial charge in [0.15, 0.2) is 0 Å². The first-order valence-electron chi connectivity index (χ1n) is 5.80. The van der Waals surface area contributed by atoms with Crippen LogP contribution in [0.25, 0.3) is 0 Å². The Morgan fingerprint density at radius 2 is 2.50 bits per heavy atom. The van der Waals surface area contributed by atoms with E-state index in [2.05, 4.69) is 22.1 Å². The Labute approximate surface area is 96.3 Å². The van der Waals surface area contributed by atoms with Gasteiger partial charge in [-0.1, -0.05) is 6.07 Å². The summed E-state index contributed by atoms with van der Waals surface area (Å²) in [4.78, 5) is 6.62. The van der Waals surface area contributed by atoms with Crippen molar-refractivity contribution in [2.75, 3.05) is 26.2 Å². The van der Waals surface area contributed by atoms with Crippen LogP contribution in [0.3, 0.4) is 0 Å². The zero-order valence-corrected chi connectivity index (χ0v) is 9.63. The van der Waals surface area contributed by atoms with E-state index in [9.17, 15) is 5.11 Å². The Morgan fingerprint density at radius 1 is 1.62 bits per heavy atom. The van der Waals surface area contributed by atoms with Crippen molar-refractivity contribution < 1.29 is 5.11 Å². The van der Waals surface area contributed by atoms with E-state index in [0.29, 0.717) is 6.04 Å². The van der Waals surface area contributed by atoms with E-state index in [0.717, 1.165) is 25.3 Å². The van der Waals surface area contributed by atoms with Gasteiger partial charge in [0.2, 0.25) is 0 Å². The summed E-state index contributed by atoms with van der Waals surface area (Å²) >= 11 is 0. The topological polar surface area (TPSA) is 48.4 Å². The average Bonchev–Trinajstić information content (AvgIpc) is 2.31. The highest BCUT2D eigenvalue weighted by molar-refractivity contribution is 5.09. The molecule has 1 aliphatic rings. The van der Waals surface area contributed by atoms with E-state index in [1.165, 1.54) is 0 Å². The number of aromatic nitrogens is 1. The molecule has 2 unspecified atom stereocenters. The number of nitrogens with zero attached hydrogens (tertiary/aromatic N) is 2. The van der Waals surface area contributed by atoms with E-state index in [1.54, 1.807) is 6.20 Å². The monoisotopic (exact) mass is 221 g/mol. The second-order valence-electron chi connectivity index (χ2n) is 4.30. The third-order valence-electron chi connectivity index (χ3n) is 3.04. The molecular formula is C12H19N3O. The van der Waals surface area contributed by atoms with Gasteiger partial charge < -0.3 is 10.4 Å². The highest BCUT2D eigenvalue weighted by Gasteiger charge is 2.24. The molecule has 16 heavy (non-hydrogen) atoms. The van der Waals surface area contributed by atoms with Crippen molar-refractivity contribution in [2.24, 2.45) is 0 Å². The molecule has 2 rings (SSSR count). The van der Waals surface area contributed by atoms with E-state index in [-0.39, 0.29) is 12.6 Å². The molecule has 88 valence electrons. The maximum atomic E-state index is 9.52. The largest absolute Gasteiger partial charge is 0.394 e. The smallest absolute Gasteiger partial charge is 0.0755 e. The number of hydrogen-bond acceptors (Lipinski definition) is 4. The zero-order chi connectivity index (χ0) is 11.4. The molecule has 2 heterocycles. The van der Waals surface area contributed by atoms with E-state index in [4.69, 9.17) is 0 Å². The van der Waals surface area contributed by atoms with Crippen molar-refractivity contribution in [3.63, 3.8) is 0 Å². The molecule has 0 amide bonds. The van der Waals surface area contributed by atoms with Crippen LogP contribution in [0.2, 0.25) is 0 Å². The molecule has 0 aliphatic carbocycles. The molecule has 1 fully saturated rings. The summed E-state index contributed by atoms with van der Waals surface area (Å²) in [7, 11) is 0. The molecule has 1 aromatic heterocycles. The Balaban J connectivity index is 2.10. The standard InChI is InChI=1S/C12H19N3O/c1-10-8-15(7-6-13-10)12(9-16)11-4-2-3-5-14-11/h2-5,10,12-13,16H,6-9H2,1H3. The predicted molar refractivity (Wildman–Crippen MR) is 63.1 cm³/mol. The SMILES string of the molecule is CC1CN(C(CO)c2ccccn2)CCN1. The fraction of sp³-hybridized carbons (Fsp3) is 0.583. The fourth-order valence-corrected chi connectivity index (χ4v) is 2.21. The van der Waals surface area contributed by atoms with Gasteiger partial charge in [0.25, 0.3) is 0 Å². The van der Waals surface area contributed by atoms with Gasteiger partial charge in [0, 0.05) is 31.9 Å². The lowest BCUT2D eigenvalue weighted by Crippen LogP contribution is -2.51. The first kappa shape index (κ1) is 11.5. The molecule has 0 radical (unpaired) electrons. The van der Waals surface area contributed by atoms with Gasteiger partial charge in [-0.2, -0.15) is 0 Å². The summed E-state index contributed by atoms with van der Waals surface area (Å²) in [6.45, 7) is 5.20. The summed E-state index contributed by atoms with van der Waals surface area (Å²) in [6, 6.07) is 6.36. The number of rotatable bonds is 3. The molecule has 1 saturated heterocycles. The first-order valence-corrected chi connectivity index (χ1v) is 5.80. The molecule has 1 aromatic rings. The van der Waals surface area contributed by atoms with Crippen LogP contribution >= 0.6 is 0 Å². The van der Waals surface area contributed by atoms with Gasteiger partial charge in [0.05, 0.1) is 18.3 Å². The van der Waals surface area contributed by atoms with Crippen LogP contribution < -0.4 is 5.32 Å². The third kappa shape index (κ3) is 2.58. The van der Waals surface area contributed by atoms with Crippen LogP contribution in [0.4, 0.5) is 0 Å². The van der Waals surface area contributed by atoms with Gasteiger partial charge in [-0.3, -0.25) is 9.88 Å². The number of aliphatic hydroxyl groups excluding tert-OH is 1. The van der Waals surface area contributed by atoms with Crippen LogP contribution in [0.15, 0.2) is 24.4 Å². The van der Waals surface area contributed by atoms with Crippen LogP contribution in [0.1, 0.15) is 18.7 Å². The molecule has 0 spiro atoms. The van der Waals surface area contributed by atoms with E-state index >= 15 is 0 Å². The summed E-state index contributed by atoms with van der Waals surface area (Å²) in [5.41, 5.74) is 0.958. The second kappa shape index (κ2) is 5.39. The van der Waals surface area contributed by atoms with Gasteiger partial charge >= 0.3 is 0 Å². The number of aliphatic hydroxyl groups is 1. The van der Waals surface area contributed by atoms with Crippen LogP contribution in [0.5, 0.6) is 0 Å². The van der Waals surface area contributed by atoms with Crippen molar-refractivity contribution >= 4 is 0 Å². The Bertz CT molecular complexity index is 317. The lowest BCUT2D eigenvalue weighted by molar-refractivity contribution is 0.0938. The number of nitrogens with one attached hydrogen (secondary N) is 1. The predicted octanol–water partition coefficient (Wildman–Crippen LogP) is 0.409. The summed E-state index contributed by atoms with van der Waals surface area (Å²) in [5, 5.41) is 12.9. The molecule has 4 heteroatoms. The Hall–Kier alpha value is -0.970. The maximum Gasteiger partial charge on any atom is 0.0755 e. The van der Waals surface area contributed by atoms with Crippen molar-refractivity contribution in [2.45, 2.75) is 19.0 Å². The number of hydrogen-bond donors (Lipinski definition) is 2. The quantitative estimate of drug-likeness (QED) is 0.776. The highest BCUT2D eigenvalue weighted by Crippen LogP contribution is 2.19. The maximum absolute atomic E-state index is 9.52. The summed E-state index contributed by atoms with van der Waals surface area (Å²) in [6.07, 6.45) is 1.78. The van der Waals surface area contributed by atoms with Crippen molar-refractivity contribution in [3.05, 3.63) is 30.1 Å².